The standard InChI is InChI=1S/C15H14F4O3S/c16-13-7-8(1-4-12(13)15(17,18)19)14(20)9-5-10-2-3-11(6-9)23(10,21)22/h1,4,7,9-11H,2-3,5-6H2. The summed E-state index contributed by atoms with van der Waals surface area (Å²) in [7, 11) is -3.19. The number of hydrogen-bond acceptors (Lipinski definition) is 3. The summed E-state index contributed by atoms with van der Waals surface area (Å²) in [5.41, 5.74) is -1.56. The zero-order valence-electron chi connectivity index (χ0n) is 11.9. The molecule has 8 heteroatoms. The molecular weight excluding hydrogens is 336 g/mol. The van der Waals surface area contributed by atoms with Crippen molar-refractivity contribution in [2.75, 3.05) is 0 Å². The predicted molar refractivity (Wildman–Crippen MR) is 74.2 cm³/mol. The van der Waals surface area contributed by atoms with E-state index in [1.807, 2.05) is 0 Å². The van der Waals surface area contributed by atoms with Gasteiger partial charge in [0.15, 0.2) is 15.6 Å². The third kappa shape index (κ3) is 2.77. The summed E-state index contributed by atoms with van der Waals surface area (Å²) in [4.78, 5) is 12.4. The molecule has 0 saturated carbocycles. The highest BCUT2D eigenvalue weighted by molar-refractivity contribution is 7.93. The smallest absolute Gasteiger partial charge is 0.294 e. The third-order valence-electron chi connectivity index (χ3n) is 4.76. The van der Waals surface area contributed by atoms with E-state index in [0.717, 1.165) is 6.07 Å². The van der Waals surface area contributed by atoms with Crippen LogP contribution in [-0.2, 0) is 16.0 Å². The Kier molecular flexibility index (Phi) is 3.78. The van der Waals surface area contributed by atoms with E-state index in [1.165, 1.54) is 0 Å². The molecule has 2 bridgehead atoms. The summed E-state index contributed by atoms with van der Waals surface area (Å²) in [5, 5.41) is -1.12. The van der Waals surface area contributed by atoms with Crippen LogP contribution in [0.1, 0.15) is 41.6 Å². The first-order valence-corrected chi connectivity index (χ1v) is 8.85. The number of hydrogen-bond donors (Lipinski definition) is 0. The average Bonchev–Trinajstić information content (AvgIpc) is 2.65. The maximum absolute atomic E-state index is 13.6. The van der Waals surface area contributed by atoms with Crippen LogP contribution in [0.5, 0.6) is 0 Å². The Morgan fingerprint density at radius 1 is 1.09 bits per heavy atom. The fraction of sp³-hybridized carbons (Fsp3) is 0.533. The van der Waals surface area contributed by atoms with Crippen LogP contribution in [0, 0.1) is 11.7 Å². The first kappa shape index (κ1) is 16.4. The average molecular weight is 350 g/mol. The van der Waals surface area contributed by atoms with Gasteiger partial charge in [-0.15, -0.1) is 0 Å². The lowest BCUT2D eigenvalue weighted by Crippen LogP contribution is -2.36. The first-order chi connectivity index (χ1) is 10.6. The van der Waals surface area contributed by atoms with Crippen molar-refractivity contribution < 1.29 is 30.8 Å². The SMILES string of the molecule is O=C(c1ccc(C(F)(F)F)c(F)c1)C1CC2CCC(C1)S2(=O)=O. The molecule has 1 aromatic carbocycles. The minimum atomic E-state index is -4.82. The molecule has 0 radical (unpaired) electrons. The second kappa shape index (κ2) is 5.29. The van der Waals surface area contributed by atoms with Crippen molar-refractivity contribution in [1.82, 2.24) is 0 Å². The molecule has 0 aliphatic carbocycles. The van der Waals surface area contributed by atoms with E-state index in [-0.39, 0.29) is 18.4 Å². The van der Waals surface area contributed by atoms with Crippen LogP contribution in [0.2, 0.25) is 0 Å². The summed E-state index contributed by atoms with van der Waals surface area (Å²) in [6, 6.07) is 2.10. The topological polar surface area (TPSA) is 51.2 Å². The van der Waals surface area contributed by atoms with Crippen LogP contribution in [0.3, 0.4) is 0 Å². The van der Waals surface area contributed by atoms with Crippen LogP contribution in [0.25, 0.3) is 0 Å². The molecule has 1 aromatic rings. The molecule has 2 fully saturated rings. The molecule has 2 aliphatic rings. The molecule has 3 rings (SSSR count). The second-order valence-electron chi connectivity index (χ2n) is 6.14. The van der Waals surface area contributed by atoms with Crippen molar-refractivity contribution in [3.63, 3.8) is 0 Å². The number of Topliss-reactive ketones (excluding diaryl/α,β-unsaturated/α-hetero) is 1. The van der Waals surface area contributed by atoms with Gasteiger partial charge in [-0.25, -0.2) is 12.8 Å². The van der Waals surface area contributed by atoms with Gasteiger partial charge in [0.25, 0.3) is 0 Å². The van der Waals surface area contributed by atoms with Gasteiger partial charge in [0.1, 0.15) is 5.82 Å². The van der Waals surface area contributed by atoms with Crippen molar-refractivity contribution in [3.8, 4) is 0 Å². The van der Waals surface area contributed by atoms with Crippen molar-refractivity contribution >= 4 is 15.6 Å². The molecule has 126 valence electrons. The molecule has 2 unspecified atom stereocenters. The van der Waals surface area contributed by atoms with E-state index < -0.39 is 49.6 Å². The zero-order valence-corrected chi connectivity index (χ0v) is 12.8. The molecule has 0 amide bonds. The molecule has 0 aromatic heterocycles. The molecule has 3 nitrogen and oxygen atoms in total. The molecule has 0 spiro atoms. The number of ketones is 1. The number of benzene rings is 1. The van der Waals surface area contributed by atoms with E-state index in [1.54, 1.807) is 0 Å². The maximum Gasteiger partial charge on any atom is 0.419 e. The van der Waals surface area contributed by atoms with Gasteiger partial charge in [-0.1, -0.05) is 6.07 Å². The van der Waals surface area contributed by atoms with E-state index in [2.05, 4.69) is 0 Å². The van der Waals surface area contributed by atoms with E-state index in [4.69, 9.17) is 0 Å². The largest absolute Gasteiger partial charge is 0.419 e. The number of alkyl halides is 3. The summed E-state index contributed by atoms with van der Waals surface area (Å²) in [6.45, 7) is 0. The zero-order chi connectivity index (χ0) is 17.0. The van der Waals surface area contributed by atoms with Crippen molar-refractivity contribution in [1.29, 1.82) is 0 Å². The Morgan fingerprint density at radius 3 is 2.13 bits per heavy atom. The normalized spacial score (nSPS) is 29.5. The summed E-state index contributed by atoms with van der Waals surface area (Å²) in [6.07, 6.45) is -3.46. The highest BCUT2D eigenvalue weighted by Crippen LogP contribution is 2.42. The summed E-state index contributed by atoms with van der Waals surface area (Å²) >= 11 is 0. The molecule has 0 N–H and O–H groups in total. The number of carbonyl (C=O) groups is 1. The van der Waals surface area contributed by atoms with Gasteiger partial charge >= 0.3 is 6.18 Å². The molecular formula is C15H14F4O3S. The lowest BCUT2D eigenvalue weighted by Gasteiger charge is -2.27. The fourth-order valence-corrected chi connectivity index (χ4v) is 6.03. The monoisotopic (exact) mass is 350 g/mol. The van der Waals surface area contributed by atoms with Gasteiger partial charge in [-0.2, -0.15) is 13.2 Å². The van der Waals surface area contributed by atoms with Gasteiger partial charge in [0.05, 0.1) is 16.1 Å². The maximum atomic E-state index is 13.6. The number of fused-ring (bicyclic) bond motifs is 2. The Balaban J connectivity index is 1.84. The third-order valence-corrected chi connectivity index (χ3v) is 7.48. The number of sulfone groups is 1. The lowest BCUT2D eigenvalue weighted by atomic mass is 9.90. The van der Waals surface area contributed by atoms with Crippen LogP contribution in [0.4, 0.5) is 17.6 Å². The van der Waals surface area contributed by atoms with Crippen LogP contribution < -0.4 is 0 Å². The molecule has 2 aliphatic heterocycles. The van der Waals surface area contributed by atoms with Crippen molar-refractivity contribution in [2.45, 2.75) is 42.4 Å². The van der Waals surface area contributed by atoms with Gasteiger partial charge in [-0.05, 0) is 37.8 Å². The van der Waals surface area contributed by atoms with E-state index in [0.29, 0.717) is 25.0 Å². The molecule has 2 heterocycles. The first-order valence-electron chi connectivity index (χ1n) is 7.24. The van der Waals surface area contributed by atoms with Gasteiger partial charge in [-0.3, -0.25) is 4.79 Å². The number of halogens is 4. The van der Waals surface area contributed by atoms with Crippen molar-refractivity contribution in [2.24, 2.45) is 5.92 Å². The lowest BCUT2D eigenvalue weighted by molar-refractivity contribution is -0.140. The Labute approximate surface area is 130 Å². The predicted octanol–water partition coefficient (Wildman–Crippen LogP) is 3.38. The van der Waals surface area contributed by atoms with E-state index >= 15 is 0 Å². The van der Waals surface area contributed by atoms with Gasteiger partial charge in [0.2, 0.25) is 0 Å². The van der Waals surface area contributed by atoms with Crippen molar-refractivity contribution in [3.05, 3.63) is 35.1 Å². The van der Waals surface area contributed by atoms with E-state index in [9.17, 15) is 30.8 Å². The minimum absolute atomic E-state index is 0.140. The molecule has 2 saturated heterocycles. The van der Waals surface area contributed by atoms with Crippen LogP contribution in [-0.4, -0.2) is 24.7 Å². The molecule has 23 heavy (non-hydrogen) atoms. The van der Waals surface area contributed by atoms with Crippen LogP contribution in [0.15, 0.2) is 18.2 Å². The Hall–Kier alpha value is -1.44. The highest BCUT2D eigenvalue weighted by Gasteiger charge is 2.48. The quantitative estimate of drug-likeness (QED) is 0.607. The van der Waals surface area contributed by atoms with Crippen LogP contribution >= 0.6 is 0 Å². The second-order valence-corrected chi connectivity index (χ2v) is 8.65. The number of carbonyl (C=O) groups excluding carboxylic acids is 1. The molecule has 2 atom stereocenters. The summed E-state index contributed by atoms with van der Waals surface area (Å²) < 4.78 is 75.2. The minimum Gasteiger partial charge on any atom is -0.294 e. The fourth-order valence-electron chi connectivity index (χ4n) is 3.56. The summed E-state index contributed by atoms with van der Waals surface area (Å²) in [5.74, 6) is -2.55. The Bertz CT molecular complexity index is 734. The van der Waals surface area contributed by atoms with Gasteiger partial charge in [0, 0.05) is 11.5 Å². The van der Waals surface area contributed by atoms with Gasteiger partial charge < -0.3 is 0 Å². The highest BCUT2D eigenvalue weighted by atomic mass is 32.2. The Morgan fingerprint density at radius 2 is 1.65 bits per heavy atom. The number of rotatable bonds is 2.